The number of nitrogens with zero attached hydrogens (tertiary/aromatic N) is 5. The molecule has 10 nitrogen and oxygen atoms in total. The van der Waals surface area contributed by atoms with E-state index in [0.29, 0.717) is 28.3 Å². The Kier molecular flexibility index (Phi) is 5.63. The first-order chi connectivity index (χ1) is 14.9. The van der Waals surface area contributed by atoms with Crippen molar-refractivity contribution in [2.24, 2.45) is 0 Å². The van der Waals surface area contributed by atoms with E-state index in [1.165, 1.54) is 0 Å². The molecule has 11 heteroatoms. The van der Waals surface area contributed by atoms with Crippen molar-refractivity contribution in [2.75, 3.05) is 29.9 Å². The zero-order valence-electron chi connectivity index (χ0n) is 16.9. The van der Waals surface area contributed by atoms with E-state index < -0.39 is 6.04 Å². The predicted octanol–water partition coefficient (Wildman–Crippen LogP) is 1.97. The highest BCUT2D eigenvalue weighted by Gasteiger charge is 2.26. The lowest BCUT2D eigenvalue weighted by molar-refractivity contribution is 0.351. The fourth-order valence-electron chi connectivity index (χ4n) is 3.91. The lowest BCUT2D eigenvalue weighted by Gasteiger charge is -2.29. The summed E-state index contributed by atoms with van der Waals surface area (Å²) >= 11 is 6.34. The summed E-state index contributed by atoms with van der Waals surface area (Å²) in [5.74, 6) is 0.622. The SMILES string of the molecule is C[C@H](Nc1nc(N)nc(N)c1C#N)c1nc2cccc(Cl)c2c(=O)n1[C@@H]1CCCNC1. The first-order valence-corrected chi connectivity index (χ1v) is 10.3. The van der Waals surface area contributed by atoms with Crippen LogP contribution >= 0.6 is 11.6 Å². The minimum Gasteiger partial charge on any atom is -0.382 e. The molecular weight excluding hydrogens is 418 g/mol. The molecule has 0 unspecified atom stereocenters. The molecule has 2 aromatic heterocycles. The topological polar surface area (TPSA) is 161 Å². The number of benzene rings is 1. The molecule has 3 aromatic rings. The third-order valence-corrected chi connectivity index (χ3v) is 5.66. The Morgan fingerprint density at radius 1 is 1.35 bits per heavy atom. The molecule has 0 spiro atoms. The number of nitrogens with one attached hydrogen (secondary N) is 2. The normalized spacial score (nSPS) is 17.3. The van der Waals surface area contributed by atoms with Crippen LogP contribution in [0.3, 0.4) is 0 Å². The van der Waals surface area contributed by atoms with Gasteiger partial charge in [-0.05, 0) is 38.4 Å². The summed E-state index contributed by atoms with van der Waals surface area (Å²) < 4.78 is 1.69. The van der Waals surface area contributed by atoms with Gasteiger partial charge in [0.25, 0.3) is 5.56 Å². The Balaban J connectivity index is 1.87. The van der Waals surface area contributed by atoms with Gasteiger partial charge in [-0.15, -0.1) is 0 Å². The second-order valence-corrected chi connectivity index (χ2v) is 7.85. The Morgan fingerprint density at radius 2 is 2.16 bits per heavy atom. The average molecular weight is 440 g/mol. The van der Waals surface area contributed by atoms with Crippen LogP contribution in [0.25, 0.3) is 10.9 Å². The van der Waals surface area contributed by atoms with E-state index in [1.807, 2.05) is 13.0 Å². The van der Waals surface area contributed by atoms with Crippen molar-refractivity contribution in [1.29, 1.82) is 5.26 Å². The number of nitrogen functional groups attached to an aromatic ring is 2. The van der Waals surface area contributed by atoms with E-state index >= 15 is 0 Å². The number of anilines is 3. The molecule has 1 aromatic carbocycles. The van der Waals surface area contributed by atoms with Gasteiger partial charge in [0.2, 0.25) is 5.95 Å². The predicted molar refractivity (Wildman–Crippen MR) is 120 cm³/mol. The zero-order chi connectivity index (χ0) is 22.1. The van der Waals surface area contributed by atoms with Gasteiger partial charge in [-0.1, -0.05) is 17.7 Å². The maximum Gasteiger partial charge on any atom is 0.263 e. The van der Waals surface area contributed by atoms with Gasteiger partial charge in [0.1, 0.15) is 23.3 Å². The van der Waals surface area contributed by atoms with Crippen LogP contribution in [0.4, 0.5) is 17.6 Å². The van der Waals surface area contributed by atoms with E-state index in [0.717, 1.165) is 19.4 Å². The van der Waals surface area contributed by atoms with Crippen LogP contribution in [0.15, 0.2) is 23.0 Å². The number of hydrogen-bond donors (Lipinski definition) is 4. The van der Waals surface area contributed by atoms with Crippen LogP contribution < -0.4 is 27.7 Å². The van der Waals surface area contributed by atoms with Crippen LogP contribution in [-0.2, 0) is 0 Å². The summed E-state index contributed by atoms with van der Waals surface area (Å²) in [6, 6.07) is 6.62. The number of nitrogens with two attached hydrogens (primary N) is 2. The van der Waals surface area contributed by atoms with Crippen LogP contribution in [-0.4, -0.2) is 32.6 Å². The molecule has 1 saturated heterocycles. The maximum absolute atomic E-state index is 13.5. The number of piperidine rings is 1. The fraction of sp³-hybridized carbons (Fsp3) is 0.350. The van der Waals surface area contributed by atoms with Crippen LogP contribution in [0.1, 0.15) is 43.2 Å². The van der Waals surface area contributed by atoms with Crippen LogP contribution in [0.5, 0.6) is 0 Å². The fourth-order valence-corrected chi connectivity index (χ4v) is 4.16. The van der Waals surface area contributed by atoms with Crippen LogP contribution in [0, 0.1) is 11.3 Å². The highest BCUT2D eigenvalue weighted by Crippen LogP contribution is 2.28. The molecule has 0 radical (unpaired) electrons. The summed E-state index contributed by atoms with van der Waals surface area (Å²) in [5.41, 5.74) is 11.9. The molecule has 0 amide bonds. The molecule has 0 aliphatic carbocycles. The number of hydrogen-bond acceptors (Lipinski definition) is 9. The lowest BCUT2D eigenvalue weighted by atomic mass is 10.1. The van der Waals surface area contributed by atoms with Crippen molar-refractivity contribution >= 4 is 40.1 Å². The molecule has 6 N–H and O–H groups in total. The summed E-state index contributed by atoms with van der Waals surface area (Å²) in [6.07, 6.45) is 1.78. The van der Waals surface area contributed by atoms with Gasteiger partial charge < -0.3 is 22.1 Å². The Bertz CT molecular complexity index is 1240. The van der Waals surface area contributed by atoms with Gasteiger partial charge in [0.05, 0.1) is 28.0 Å². The monoisotopic (exact) mass is 439 g/mol. The van der Waals surface area contributed by atoms with Crippen LogP contribution in [0.2, 0.25) is 5.02 Å². The Morgan fingerprint density at radius 3 is 2.87 bits per heavy atom. The highest BCUT2D eigenvalue weighted by molar-refractivity contribution is 6.35. The van der Waals surface area contributed by atoms with Crippen molar-refractivity contribution in [1.82, 2.24) is 24.8 Å². The van der Waals surface area contributed by atoms with Crippen molar-refractivity contribution in [3.05, 3.63) is 45.0 Å². The van der Waals surface area contributed by atoms with Crippen molar-refractivity contribution in [2.45, 2.75) is 31.8 Å². The highest BCUT2D eigenvalue weighted by atomic mass is 35.5. The van der Waals surface area contributed by atoms with Gasteiger partial charge in [0, 0.05) is 6.54 Å². The van der Waals surface area contributed by atoms with Gasteiger partial charge in [-0.3, -0.25) is 9.36 Å². The molecule has 1 aliphatic rings. The smallest absolute Gasteiger partial charge is 0.263 e. The molecule has 0 saturated carbocycles. The van der Waals surface area contributed by atoms with Crippen molar-refractivity contribution in [3.8, 4) is 6.07 Å². The summed E-state index contributed by atoms with van der Waals surface area (Å²) in [6.45, 7) is 3.38. The summed E-state index contributed by atoms with van der Waals surface area (Å²) in [5, 5.41) is 16.7. The van der Waals surface area contributed by atoms with E-state index in [9.17, 15) is 10.1 Å². The van der Waals surface area contributed by atoms with Gasteiger partial charge >= 0.3 is 0 Å². The van der Waals surface area contributed by atoms with E-state index in [1.54, 1.807) is 22.8 Å². The molecule has 0 bridgehead atoms. The quantitative estimate of drug-likeness (QED) is 0.476. The Hall–Kier alpha value is -3.42. The number of aromatic nitrogens is 4. The molecule has 1 fully saturated rings. The second-order valence-electron chi connectivity index (χ2n) is 7.45. The molecule has 160 valence electrons. The summed E-state index contributed by atoms with van der Waals surface area (Å²) in [7, 11) is 0. The summed E-state index contributed by atoms with van der Waals surface area (Å²) in [4.78, 5) is 26.2. The largest absolute Gasteiger partial charge is 0.382 e. The van der Waals surface area contributed by atoms with Crippen molar-refractivity contribution in [3.63, 3.8) is 0 Å². The number of nitriles is 1. The third kappa shape index (κ3) is 3.85. The first kappa shape index (κ1) is 20.8. The lowest BCUT2D eigenvalue weighted by Crippen LogP contribution is -2.39. The molecular formula is C20H22ClN9O. The van der Waals surface area contributed by atoms with Gasteiger partial charge in [-0.2, -0.15) is 15.2 Å². The number of rotatable bonds is 4. The number of halogens is 1. The molecule has 1 aliphatic heterocycles. The van der Waals surface area contributed by atoms with Gasteiger partial charge in [0.15, 0.2) is 5.82 Å². The molecule has 2 atom stereocenters. The van der Waals surface area contributed by atoms with Gasteiger partial charge in [-0.25, -0.2) is 4.98 Å². The number of fused-ring (bicyclic) bond motifs is 1. The molecule has 4 rings (SSSR count). The zero-order valence-corrected chi connectivity index (χ0v) is 17.6. The minimum atomic E-state index is -0.487. The van der Waals surface area contributed by atoms with Crippen molar-refractivity contribution < 1.29 is 0 Å². The third-order valence-electron chi connectivity index (χ3n) is 5.35. The van der Waals surface area contributed by atoms with E-state index in [2.05, 4.69) is 20.6 Å². The van der Waals surface area contributed by atoms with E-state index in [-0.39, 0.29) is 34.7 Å². The first-order valence-electron chi connectivity index (χ1n) is 9.91. The maximum atomic E-state index is 13.5. The van der Waals surface area contributed by atoms with E-state index in [4.69, 9.17) is 28.1 Å². The Labute approximate surface area is 183 Å². The molecule has 31 heavy (non-hydrogen) atoms. The average Bonchev–Trinajstić information content (AvgIpc) is 2.74. The molecule has 3 heterocycles. The minimum absolute atomic E-state index is 0.0168. The standard InChI is InChI=1S/C20H22ClN9O/c1-10(26-17-12(8-22)16(23)28-20(24)29-17)18-27-14-6-2-5-13(21)15(14)19(31)30(18)11-4-3-7-25-9-11/h2,5-6,10-11,25H,3-4,7,9H2,1H3,(H5,23,24,26,28,29)/t10-,11+/m0/s1. The second kappa shape index (κ2) is 8.37.